The van der Waals surface area contributed by atoms with Crippen molar-refractivity contribution in [2.75, 3.05) is 5.75 Å². The summed E-state index contributed by atoms with van der Waals surface area (Å²) in [6, 6.07) is 2.64. The smallest absolute Gasteiger partial charge is 0.251 e. The summed E-state index contributed by atoms with van der Waals surface area (Å²) in [5, 5.41) is 4.03. The Kier molecular flexibility index (Phi) is 4.13. The van der Waals surface area contributed by atoms with Crippen LogP contribution in [0.2, 0.25) is 5.15 Å². The minimum Gasteiger partial charge on any atom is -0.345 e. The molecule has 0 radical (unpaired) electrons. The molecular formula is C14H17ClN2O3S. The number of hydrogen-bond acceptors (Lipinski definition) is 4. The molecule has 0 saturated heterocycles. The number of aromatic nitrogens is 1. The van der Waals surface area contributed by atoms with Crippen molar-refractivity contribution in [3.05, 3.63) is 40.0 Å². The van der Waals surface area contributed by atoms with E-state index < -0.39 is 15.9 Å². The molecule has 0 aromatic carbocycles. The molecule has 1 aromatic heterocycles. The van der Waals surface area contributed by atoms with Gasteiger partial charge < -0.3 is 5.32 Å². The van der Waals surface area contributed by atoms with Gasteiger partial charge in [0.2, 0.25) is 0 Å². The summed E-state index contributed by atoms with van der Waals surface area (Å²) in [5.74, 6) is -0.472. The predicted molar refractivity (Wildman–Crippen MR) is 82.1 cm³/mol. The molecule has 1 aliphatic rings. The quantitative estimate of drug-likeness (QED) is 0.843. The molecule has 1 N–H and O–H groups in total. The molecule has 1 aliphatic heterocycles. The fraction of sp³-hybridized carbons (Fsp3) is 0.429. The van der Waals surface area contributed by atoms with Gasteiger partial charge in [-0.1, -0.05) is 32.4 Å². The topological polar surface area (TPSA) is 76.1 Å². The lowest BCUT2D eigenvalue weighted by atomic mass is 9.91. The lowest BCUT2D eigenvalue weighted by Crippen LogP contribution is -2.35. The zero-order chi connectivity index (χ0) is 15.8. The molecule has 7 heteroatoms. The summed E-state index contributed by atoms with van der Waals surface area (Å²) in [4.78, 5) is 16.4. The van der Waals surface area contributed by atoms with Crippen LogP contribution in [0.15, 0.2) is 23.6 Å². The Hall–Kier alpha value is -1.40. The van der Waals surface area contributed by atoms with E-state index in [-0.39, 0.29) is 22.2 Å². The van der Waals surface area contributed by atoms with Crippen LogP contribution in [0.1, 0.15) is 36.8 Å². The average molecular weight is 329 g/mol. The molecule has 2 heterocycles. The molecule has 5 nitrogen and oxygen atoms in total. The number of rotatable bonds is 2. The van der Waals surface area contributed by atoms with E-state index >= 15 is 0 Å². The normalized spacial score (nSPS) is 20.5. The molecule has 1 atom stereocenters. The van der Waals surface area contributed by atoms with Gasteiger partial charge in [0.25, 0.3) is 5.91 Å². The summed E-state index contributed by atoms with van der Waals surface area (Å²) in [5.41, 5.74) is 0.837. The van der Waals surface area contributed by atoms with Crippen LogP contribution < -0.4 is 5.32 Å². The summed E-state index contributed by atoms with van der Waals surface area (Å²) >= 11 is 5.96. The van der Waals surface area contributed by atoms with Gasteiger partial charge in [-0.05, 0) is 18.2 Å². The average Bonchev–Trinajstić information content (AvgIpc) is 2.66. The number of hydrogen-bond donors (Lipinski definition) is 1. The Morgan fingerprint density at radius 3 is 2.57 bits per heavy atom. The second-order valence-corrected chi connectivity index (χ2v) is 8.37. The van der Waals surface area contributed by atoms with Gasteiger partial charge in [-0.15, -0.1) is 0 Å². The molecule has 1 amide bonds. The lowest BCUT2D eigenvalue weighted by molar-refractivity contribution is 0.0947. The first kappa shape index (κ1) is 16.0. The van der Waals surface area contributed by atoms with Crippen LogP contribution in [0.5, 0.6) is 0 Å². The van der Waals surface area contributed by atoms with E-state index in [1.54, 1.807) is 6.07 Å². The maximum absolute atomic E-state index is 12.2. The van der Waals surface area contributed by atoms with Gasteiger partial charge in [-0.25, -0.2) is 13.4 Å². The van der Waals surface area contributed by atoms with E-state index in [0.717, 1.165) is 5.41 Å². The third-order valence-corrected chi connectivity index (χ3v) is 4.66. The van der Waals surface area contributed by atoms with Crippen LogP contribution in [0.4, 0.5) is 0 Å². The van der Waals surface area contributed by atoms with Crippen LogP contribution >= 0.6 is 11.6 Å². The third-order valence-electron chi connectivity index (χ3n) is 3.07. The highest BCUT2D eigenvalue weighted by atomic mass is 35.5. The number of pyridine rings is 1. The number of carbonyl (C=O) groups excluding carboxylic acids is 1. The van der Waals surface area contributed by atoms with E-state index in [4.69, 9.17) is 11.6 Å². The Balaban J connectivity index is 2.21. The van der Waals surface area contributed by atoms with Crippen molar-refractivity contribution in [3.8, 4) is 0 Å². The van der Waals surface area contributed by atoms with Gasteiger partial charge in [0.15, 0.2) is 9.84 Å². The number of nitrogens with zero attached hydrogens (tertiary/aromatic N) is 1. The maximum Gasteiger partial charge on any atom is 0.251 e. The predicted octanol–water partition coefficient (Wildman–Crippen LogP) is 2.07. The Morgan fingerprint density at radius 1 is 1.38 bits per heavy atom. The van der Waals surface area contributed by atoms with Crippen LogP contribution in [-0.4, -0.2) is 31.1 Å². The van der Waals surface area contributed by atoms with E-state index in [1.165, 1.54) is 12.1 Å². The Morgan fingerprint density at radius 2 is 2.05 bits per heavy atom. The zero-order valence-electron chi connectivity index (χ0n) is 12.1. The second kappa shape index (κ2) is 5.42. The highest BCUT2D eigenvalue weighted by Gasteiger charge is 2.24. The first-order chi connectivity index (χ1) is 9.57. The van der Waals surface area contributed by atoms with Gasteiger partial charge in [0, 0.05) is 22.1 Å². The Labute approximate surface area is 129 Å². The van der Waals surface area contributed by atoms with Gasteiger partial charge >= 0.3 is 0 Å². The first-order valence-electron chi connectivity index (χ1n) is 6.47. The maximum atomic E-state index is 12.2. The molecular weight excluding hydrogens is 312 g/mol. The summed E-state index contributed by atoms with van der Waals surface area (Å²) in [6.45, 7) is 5.92. The molecule has 21 heavy (non-hydrogen) atoms. The van der Waals surface area contributed by atoms with Crippen molar-refractivity contribution in [2.24, 2.45) is 0 Å². The van der Waals surface area contributed by atoms with Crippen molar-refractivity contribution < 1.29 is 13.2 Å². The first-order valence-corrected chi connectivity index (χ1v) is 8.56. The molecule has 0 aliphatic carbocycles. The van der Waals surface area contributed by atoms with Crippen LogP contribution in [-0.2, 0) is 15.3 Å². The number of sulfone groups is 1. The van der Waals surface area contributed by atoms with Gasteiger partial charge in [0.05, 0.1) is 11.8 Å². The Bertz CT molecular complexity index is 705. The van der Waals surface area contributed by atoms with Crippen molar-refractivity contribution >= 4 is 27.3 Å². The van der Waals surface area contributed by atoms with Crippen molar-refractivity contribution in [1.82, 2.24) is 10.3 Å². The monoisotopic (exact) mass is 328 g/mol. The molecule has 1 unspecified atom stereocenters. The largest absolute Gasteiger partial charge is 0.345 e. The van der Waals surface area contributed by atoms with E-state index in [0.29, 0.717) is 11.3 Å². The van der Waals surface area contributed by atoms with Gasteiger partial charge in [0.1, 0.15) is 5.15 Å². The third kappa shape index (κ3) is 4.04. The fourth-order valence-electron chi connectivity index (χ4n) is 1.93. The number of carbonyl (C=O) groups is 1. The minimum atomic E-state index is -3.20. The zero-order valence-corrected chi connectivity index (χ0v) is 13.6. The van der Waals surface area contributed by atoms with Crippen molar-refractivity contribution in [2.45, 2.75) is 32.2 Å². The standard InChI is InChI=1S/C14H17ClN2O3S/c1-14(2,3)11-6-9(7-12(15)17-11)13(18)16-10-4-5-21(19,20)8-10/h4-7,10H,8H2,1-3H3,(H,16,18). The fourth-order valence-corrected chi connectivity index (χ4v) is 3.37. The summed E-state index contributed by atoms with van der Waals surface area (Å²) in [7, 11) is -3.20. The molecule has 114 valence electrons. The van der Waals surface area contributed by atoms with E-state index in [1.807, 2.05) is 20.8 Å². The number of nitrogens with one attached hydrogen (secondary N) is 1. The van der Waals surface area contributed by atoms with E-state index in [2.05, 4.69) is 10.3 Å². The molecule has 0 saturated carbocycles. The molecule has 0 fully saturated rings. The number of amides is 1. The van der Waals surface area contributed by atoms with E-state index in [9.17, 15) is 13.2 Å². The summed E-state index contributed by atoms with van der Waals surface area (Å²) in [6.07, 6.45) is 1.47. The second-order valence-electron chi connectivity index (χ2n) is 6.05. The SMILES string of the molecule is CC(C)(C)c1cc(C(=O)NC2C=CS(=O)(=O)C2)cc(Cl)n1. The van der Waals surface area contributed by atoms with Gasteiger partial charge in [-0.3, -0.25) is 4.79 Å². The molecule has 0 spiro atoms. The lowest BCUT2D eigenvalue weighted by Gasteiger charge is -2.19. The van der Waals surface area contributed by atoms with Gasteiger partial charge in [-0.2, -0.15) is 0 Å². The highest BCUT2D eigenvalue weighted by Crippen LogP contribution is 2.23. The molecule has 0 bridgehead atoms. The van der Waals surface area contributed by atoms with Crippen molar-refractivity contribution in [1.29, 1.82) is 0 Å². The minimum absolute atomic E-state index is 0.107. The van der Waals surface area contributed by atoms with Crippen LogP contribution in [0.3, 0.4) is 0 Å². The van der Waals surface area contributed by atoms with Crippen LogP contribution in [0, 0.1) is 0 Å². The molecule has 2 rings (SSSR count). The number of halogens is 1. The highest BCUT2D eigenvalue weighted by molar-refractivity contribution is 7.94. The summed E-state index contributed by atoms with van der Waals surface area (Å²) < 4.78 is 22.7. The van der Waals surface area contributed by atoms with Crippen LogP contribution in [0.25, 0.3) is 0 Å². The molecule has 1 aromatic rings. The van der Waals surface area contributed by atoms with Crippen molar-refractivity contribution in [3.63, 3.8) is 0 Å².